The molecule has 2 N–H and O–H groups in total. The molecule has 2 aromatic rings. The average molecular weight is 370 g/mol. The van der Waals surface area contributed by atoms with Gasteiger partial charge in [0.25, 0.3) is 0 Å². The van der Waals surface area contributed by atoms with Gasteiger partial charge in [-0.25, -0.2) is 4.79 Å². The van der Waals surface area contributed by atoms with Crippen LogP contribution in [0.15, 0.2) is 48.5 Å². The van der Waals surface area contributed by atoms with Crippen molar-refractivity contribution in [2.75, 3.05) is 26.1 Å². The second-order valence-electron chi connectivity index (χ2n) is 5.71. The van der Waals surface area contributed by atoms with E-state index >= 15 is 0 Å². The maximum absolute atomic E-state index is 11.9. The molecule has 0 radical (unpaired) electrons. The summed E-state index contributed by atoms with van der Waals surface area (Å²) in [5.74, 6) is -0.494. The molecule has 2 aromatic carbocycles. The predicted octanol–water partition coefficient (Wildman–Crippen LogP) is 2.17. The highest BCUT2D eigenvalue weighted by Gasteiger charge is 2.11. The topological polar surface area (TPSA) is 93.7 Å². The largest absolute Gasteiger partial charge is 0.496 e. The van der Waals surface area contributed by atoms with Crippen LogP contribution in [0.1, 0.15) is 22.3 Å². The van der Waals surface area contributed by atoms with Crippen molar-refractivity contribution in [2.45, 2.75) is 12.8 Å². The summed E-state index contributed by atoms with van der Waals surface area (Å²) < 4.78 is 9.87. The number of carbonyl (C=O) groups is 3. The summed E-state index contributed by atoms with van der Waals surface area (Å²) in [4.78, 5) is 35.2. The number of methoxy groups -OCH3 is 2. The van der Waals surface area contributed by atoms with Crippen LogP contribution >= 0.6 is 0 Å². The monoisotopic (exact) mass is 370 g/mol. The van der Waals surface area contributed by atoms with Crippen LogP contribution in [0.3, 0.4) is 0 Å². The van der Waals surface area contributed by atoms with E-state index in [1.807, 2.05) is 24.3 Å². The second kappa shape index (κ2) is 9.96. The summed E-state index contributed by atoms with van der Waals surface area (Å²) >= 11 is 0. The van der Waals surface area contributed by atoms with E-state index in [9.17, 15) is 14.4 Å². The minimum absolute atomic E-state index is 0.287. The van der Waals surface area contributed by atoms with Crippen LogP contribution in [0, 0.1) is 0 Å². The summed E-state index contributed by atoms with van der Waals surface area (Å²) in [5.41, 5.74) is 1.86. The molecule has 0 aliphatic rings. The number of nitrogens with one attached hydrogen (secondary N) is 2. The molecule has 142 valence electrons. The Morgan fingerprint density at radius 2 is 1.63 bits per heavy atom. The number of amides is 2. The van der Waals surface area contributed by atoms with Crippen LogP contribution in [0.4, 0.5) is 5.69 Å². The minimum Gasteiger partial charge on any atom is -0.496 e. The Morgan fingerprint density at radius 3 is 2.30 bits per heavy atom. The molecule has 0 aliphatic heterocycles. The van der Waals surface area contributed by atoms with E-state index in [2.05, 4.69) is 15.4 Å². The van der Waals surface area contributed by atoms with Gasteiger partial charge < -0.3 is 20.1 Å². The smallest absolute Gasteiger partial charge is 0.337 e. The Labute approximate surface area is 157 Å². The number of para-hydroxylation sites is 1. The standard InChI is InChI=1S/C20H22N2O5/c1-26-17-6-4-3-5-14(17)11-12-21-18(23)13-19(24)22-16-9-7-15(8-10-16)20(25)27-2/h3-10H,11-13H2,1-2H3,(H,21,23)(H,22,24). The molecule has 2 amide bonds. The fourth-order valence-corrected chi connectivity index (χ4v) is 2.47. The Morgan fingerprint density at radius 1 is 0.926 bits per heavy atom. The van der Waals surface area contributed by atoms with Gasteiger partial charge in [-0.2, -0.15) is 0 Å². The zero-order valence-electron chi connectivity index (χ0n) is 15.3. The molecule has 0 bridgehead atoms. The molecule has 2 rings (SSSR count). The molecule has 0 heterocycles. The van der Waals surface area contributed by atoms with Gasteiger partial charge >= 0.3 is 5.97 Å². The summed E-state index contributed by atoms with van der Waals surface area (Å²) in [6.07, 6.45) is 0.317. The Balaban J connectivity index is 1.76. The molecule has 0 spiro atoms. The molecule has 0 unspecified atom stereocenters. The Hall–Kier alpha value is -3.35. The van der Waals surface area contributed by atoms with E-state index in [1.165, 1.54) is 19.2 Å². The number of rotatable bonds is 8. The van der Waals surface area contributed by atoms with Crippen molar-refractivity contribution in [3.05, 3.63) is 59.7 Å². The lowest BCUT2D eigenvalue weighted by molar-refractivity contribution is -0.126. The van der Waals surface area contributed by atoms with Gasteiger partial charge in [-0.15, -0.1) is 0 Å². The summed E-state index contributed by atoms with van der Waals surface area (Å²) in [6, 6.07) is 13.8. The first-order valence-electron chi connectivity index (χ1n) is 8.40. The zero-order valence-corrected chi connectivity index (χ0v) is 15.3. The lowest BCUT2D eigenvalue weighted by atomic mass is 10.1. The molecule has 0 fully saturated rings. The first-order valence-corrected chi connectivity index (χ1v) is 8.40. The molecule has 7 nitrogen and oxygen atoms in total. The average Bonchev–Trinajstić information content (AvgIpc) is 2.68. The van der Waals surface area contributed by atoms with Crippen molar-refractivity contribution in [1.29, 1.82) is 0 Å². The third kappa shape index (κ3) is 6.14. The SMILES string of the molecule is COC(=O)c1ccc(NC(=O)CC(=O)NCCc2ccccc2OC)cc1. The van der Waals surface area contributed by atoms with Crippen LogP contribution in [0.25, 0.3) is 0 Å². The normalized spacial score (nSPS) is 10.0. The van der Waals surface area contributed by atoms with Gasteiger partial charge in [-0.3, -0.25) is 9.59 Å². The number of ether oxygens (including phenoxy) is 2. The molecule has 27 heavy (non-hydrogen) atoms. The van der Waals surface area contributed by atoms with Gasteiger partial charge in [-0.1, -0.05) is 18.2 Å². The van der Waals surface area contributed by atoms with Crippen molar-refractivity contribution < 1.29 is 23.9 Å². The molecule has 0 atom stereocenters. The van der Waals surface area contributed by atoms with E-state index in [1.54, 1.807) is 19.2 Å². The quantitative estimate of drug-likeness (QED) is 0.549. The third-order valence-corrected chi connectivity index (χ3v) is 3.82. The minimum atomic E-state index is -0.456. The maximum Gasteiger partial charge on any atom is 0.337 e. The van der Waals surface area contributed by atoms with Crippen molar-refractivity contribution in [3.63, 3.8) is 0 Å². The Bertz CT molecular complexity index is 802. The van der Waals surface area contributed by atoms with E-state index in [4.69, 9.17) is 4.74 Å². The van der Waals surface area contributed by atoms with Crippen molar-refractivity contribution in [3.8, 4) is 5.75 Å². The highest BCUT2D eigenvalue weighted by Crippen LogP contribution is 2.17. The predicted molar refractivity (Wildman–Crippen MR) is 101 cm³/mol. The van der Waals surface area contributed by atoms with Crippen molar-refractivity contribution in [1.82, 2.24) is 5.32 Å². The van der Waals surface area contributed by atoms with Crippen molar-refractivity contribution in [2.24, 2.45) is 0 Å². The Kier molecular flexibility index (Phi) is 7.37. The van der Waals surface area contributed by atoms with Crippen LogP contribution in [-0.4, -0.2) is 38.5 Å². The molecular formula is C20H22N2O5. The van der Waals surface area contributed by atoms with E-state index in [0.717, 1.165) is 11.3 Å². The number of hydrogen-bond acceptors (Lipinski definition) is 5. The molecule has 0 aliphatic carbocycles. The van der Waals surface area contributed by atoms with Gasteiger partial charge in [0.1, 0.15) is 12.2 Å². The van der Waals surface area contributed by atoms with Crippen LogP contribution < -0.4 is 15.4 Å². The molecule has 0 aromatic heterocycles. The van der Waals surface area contributed by atoms with Gasteiger partial charge in [0, 0.05) is 12.2 Å². The van der Waals surface area contributed by atoms with E-state index in [-0.39, 0.29) is 12.3 Å². The third-order valence-electron chi connectivity index (χ3n) is 3.82. The zero-order chi connectivity index (χ0) is 19.6. The van der Waals surface area contributed by atoms with Gasteiger partial charge in [-0.05, 0) is 42.3 Å². The summed E-state index contributed by atoms with van der Waals surface area (Å²) in [6.45, 7) is 0.403. The first kappa shape index (κ1) is 20.0. The number of carbonyl (C=O) groups excluding carboxylic acids is 3. The van der Waals surface area contributed by atoms with E-state index < -0.39 is 11.9 Å². The second-order valence-corrected chi connectivity index (χ2v) is 5.71. The van der Waals surface area contributed by atoms with E-state index in [0.29, 0.717) is 24.2 Å². The summed E-state index contributed by atoms with van der Waals surface area (Å²) in [7, 11) is 2.89. The molecule has 7 heteroatoms. The lowest BCUT2D eigenvalue weighted by Crippen LogP contribution is -2.29. The van der Waals surface area contributed by atoms with Crippen LogP contribution in [0.2, 0.25) is 0 Å². The highest BCUT2D eigenvalue weighted by atomic mass is 16.5. The number of esters is 1. The van der Waals surface area contributed by atoms with Gasteiger partial charge in [0.15, 0.2) is 0 Å². The molecular weight excluding hydrogens is 348 g/mol. The molecule has 0 saturated heterocycles. The number of anilines is 1. The molecule has 0 saturated carbocycles. The van der Waals surface area contributed by atoms with Crippen LogP contribution in [-0.2, 0) is 20.7 Å². The summed E-state index contributed by atoms with van der Waals surface area (Å²) in [5, 5.41) is 5.33. The lowest BCUT2D eigenvalue weighted by Gasteiger charge is -2.09. The first-order chi connectivity index (χ1) is 13.0. The van der Waals surface area contributed by atoms with Crippen LogP contribution in [0.5, 0.6) is 5.75 Å². The van der Waals surface area contributed by atoms with Gasteiger partial charge in [0.05, 0.1) is 19.8 Å². The fourth-order valence-electron chi connectivity index (χ4n) is 2.47. The highest BCUT2D eigenvalue weighted by molar-refractivity contribution is 6.03. The fraction of sp³-hybridized carbons (Fsp3) is 0.250. The number of hydrogen-bond donors (Lipinski definition) is 2. The van der Waals surface area contributed by atoms with Crippen molar-refractivity contribution >= 4 is 23.5 Å². The van der Waals surface area contributed by atoms with Gasteiger partial charge in [0.2, 0.25) is 11.8 Å². The number of benzene rings is 2. The maximum atomic E-state index is 11.9.